The first-order chi connectivity index (χ1) is 8.84. The van der Waals surface area contributed by atoms with E-state index >= 15 is 0 Å². The van der Waals surface area contributed by atoms with E-state index in [0.717, 1.165) is 31.0 Å². The molecule has 1 aliphatic heterocycles. The smallest absolute Gasteiger partial charge is 0.127 e. The van der Waals surface area contributed by atoms with Crippen molar-refractivity contribution in [3.63, 3.8) is 0 Å². The first-order valence-corrected chi connectivity index (χ1v) is 7.33. The number of halogens is 1. The average Bonchev–Trinajstić information content (AvgIpc) is 3.22. The van der Waals surface area contributed by atoms with Gasteiger partial charge in [-0.25, -0.2) is 4.39 Å². The maximum atomic E-state index is 14.0. The van der Waals surface area contributed by atoms with Crippen LogP contribution in [0.25, 0.3) is 0 Å². The summed E-state index contributed by atoms with van der Waals surface area (Å²) < 4.78 is 14.0. The standard InChI is InChI=1S/C16H22FN/c17-15-7-3-2-6-14(15)16(12-13-8-9-13)18-10-4-1-5-11-18/h2-3,6-7,13,16H,1,4-5,8-12H2. The molecule has 1 aliphatic carbocycles. The molecular formula is C16H22FN. The highest BCUT2D eigenvalue weighted by atomic mass is 19.1. The topological polar surface area (TPSA) is 3.24 Å². The third kappa shape index (κ3) is 2.74. The van der Waals surface area contributed by atoms with Gasteiger partial charge < -0.3 is 0 Å². The molecule has 1 aromatic carbocycles. The van der Waals surface area contributed by atoms with Gasteiger partial charge in [-0.1, -0.05) is 37.5 Å². The molecule has 2 fully saturated rings. The van der Waals surface area contributed by atoms with Crippen molar-refractivity contribution < 1.29 is 4.39 Å². The largest absolute Gasteiger partial charge is 0.296 e. The maximum absolute atomic E-state index is 14.0. The summed E-state index contributed by atoms with van der Waals surface area (Å²) in [6.07, 6.45) is 7.73. The Morgan fingerprint density at radius 2 is 1.83 bits per heavy atom. The first kappa shape index (κ1) is 12.2. The highest BCUT2D eigenvalue weighted by Crippen LogP contribution is 2.41. The van der Waals surface area contributed by atoms with E-state index in [1.807, 2.05) is 12.1 Å². The van der Waals surface area contributed by atoms with Gasteiger partial charge in [-0.3, -0.25) is 4.90 Å². The predicted molar refractivity (Wildman–Crippen MR) is 71.9 cm³/mol. The van der Waals surface area contributed by atoms with Crippen LogP contribution in [0.4, 0.5) is 4.39 Å². The molecule has 1 atom stereocenters. The van der Waals surface area contributed by atoms with Crippen LogP contribution in [0, 0.1) is 11.7 Å². The Balaban J connectivity index is 1.81. The molecule has 2 heteroatoms. The Kier molecular flexibility index (Phi) is 3.64. The van der Waals surface area contributed by atoms with E-state index in [1.54, 1.807) is 12.1 Å². The van der Waals surface area contributed by atoms with Crippen LogP contribution < -0.4 is 0 Å². The molecule has 0 spiro atoms. The van der Waals surface area contributed by atoms with Gasteiger partial charge >= 0.3 is 0 Å². The molecular weight excluding hydrogens is 225 g/mol. The molecule has 0 bridgehead atoms. The minimum atomic E-state index is -0.0197. The Labute approximate surface area is 109 Å². The van der Waals surface area contributed by atoms with Gasteiger partial charge in [-0.15, -0.1) is 0 Å². The molecule has 3 rings (SSSR count). The molecule has 1 saturated carbocycles. The van der Waals surface area contributed by atoms with Crippen molar-refractivity contribution >= 4 is 0 Å². The van der Waals surface area contributed by atoms with E-state index in [-0.39, 0.29) is 5.82 Å². The molecule has 1 unspecified atom stereocenters. The van der Waals surface area contributed by atoms with Gasteiger partial charge in [0.25, 0.3) is 0 Å². The number of likely N-dealkylation sites (tertiary alicyclic amines) is 1. The lowest BCUT2D eigenvalue weighted by molar-refractivity contribution is 0.148. The molecule has 1 saturated heterocycles. The molecule has 1 heterocycles. The number of piperidine rings is 1. The number of nitrogens with zero attached hydrogens (tertiary/aromatic N) is 1. The van der Waals surface area contributed by atoms with Crippen molar-refractivity contribution in [2.45, 2.75) is 44.6 Å². The number of rotatable bonds is 4. The van der Waals surface area contributed by atoms with Crippen LogP contribution in [0.1, 0.15) is 50.1 Å². The Bertz CT molecular complexity index is 394. The summed E-state index contributed by atoms with van der Waals surface area (Å²) in [4.78, 5) is 2.51. The number of benzene rings is 1. The molecule has 0 amide bonds. The Hall–Kier alpha value is -0.890. The Morgan fingerprint density at radius 1 is 1.11 bits per heavy atom. The molecule has 1 nitrogen and oxygen atoms in total. The fraction of sp³-hybridized carbons (Fsp3) is 0.625. The Morgan fingerprint density at radius 3 is 2.50 bits per heavy atom. The quantitative estimate of drug-likeness (QED) is 0.772. The molecule has 0 radical (unpaired) electrons. The normalized spacial score (nSPS) is 22.9. The van der Waals surface area contributed by atoms with E-state index in [4.69, 9.17) is 0 Å². The summed E-state index contributed by atoms with van der Waals surface area (Å²) in [6, 6.07) is 7.68. The SMILES string of the molecule is Fc1ccccc1C(CC1CC1)N1CCCCC1. The minimum Gasteiger partial charge on any atom is -0.296 e. The monoisotopic (exact) mass is 247 g/mol. The zero-order valence-corrected chi connectivity index (χ0v) is 10.9. The molecule has 98 valence electrons. The molecule has 2 aliphatic rings. The number of hydrogen-bond donors (Lipinski definition) is 0. The van der Waals surface area contributed by atoms with Gasteiger partial charge in [0.05, 0.1) is 0 Å². The summed E-state index contributed by atoms with van der Waals surface area (Å²) in [5, 5.41) is 0. The highest BCUT2D eigenvalue weighted by Gasteiger charge is 2.31. The van der Waals surface area contributed by atoms with Crippen molar-refractivity contribution in [1.82, 2.24) is 4.90 Å². The summed E-state index contributed by atoms with van der Waals surface area (Å²) in [6.45, 7) is 2.29. The van der Waals surface area contributed by atoms with Gasteiger partial charge in [0.2, 0.25) is 0 Å². The van der Waals surface area contributed by atoms with E-state index in [0.29, 0.717) is 6.04 Å². The molecule has 0 aromatic heterocycles. The molecule has 1 aromatic rings. The van der Waals surface area contributed by atoms with Crippen LogP contribution in [0.3, 0.4) is 0 Å². The number of hydrogen-bond acceptors (Lipinski definition) is 1. The van der Waals surface area contributed by atoms with Crippen LogP contribution in [0.5, 0.6) is 0 Å². The van der Waals surface area contributed by atoms with Crippen molar-refractivity contribution in [1.29, 1.82) is 0 Å². The zero-order chi connectivity index (χ0) is 12.4. The highest BCUT2D eigenvalue weighted by molar-refractivity contribution is 5.22. The van der Waals surface area contributed by atoms with Crippen LogP contribution in [0.15, 0.2) is 24.3 Å². The third-order valence-electron chi connectivity index (χ3n) is 4.35. The van der Waals surface area contributed by atoms with Gasteiger partial charge in [0.15, 0.2) is 0 Å². The molecule has 18 heavy (non-hydrogen) atoms. The van der Waals surface area contributed by atoms with Crippen LogP contribution in [-0.2, 0) is 0 Å². The summed E-state index contributed by atoms with van der Waals surface area (Å²) in [5.41, 5.74) is 0.923. The second kappa shape index (κ2) is 5.40. The average molecular weight is 247 g/mol. The molecule has 0 N–H and O–H groups in total. The van der Waals surface area contributed by atoms with Crippen molar-refractivity contribution in [3.05, 3.63) is 35.6 Å². The fourth-order valence-corrected chi connectivity index (χ4v) is 3.12. The van der Waals surface area contributed by atoms with E-state index in [1.165, 1.54) is 32.1 Å². The van der Waals surface area contributed by atoms with Crippen molar-refractivity contribution in [3.8, 4) is 0 Å². The second-order valence-electron chi connectivity index (χ2n) is 5.81. The lowest BCUT2D eigenvalue weighted by Crippen LogP contribution is -2.34. The van der Waals surface area contributed by atoms with Crippen LogP contribution >= 0.6 is 0 Å². The van der Waals surface area contributed by atoms with Crippen LogP contribution in [-0.4, -0.2) is 18.0 Å². The third-order valence-corrected chi connectivity index (χ3v) is 4.35. The minimum absolute atomic E-state index is 0.0197. The van der Waals surface area contributed by atoms with E-state index < -0.39 is 0 Å². The van der Waals surface area contributed by atoms with Gasteiger partial charge in [0.1, 0.15) is 5.82 Å². The van der Waals surface area contributed by atoms with Crippen LogP contribution in [0.2, 0.25) is 0 Å². The fourth-order valence-electron chi connectivity index (χ4n) is 3.12. The first-order valence-electron chi connectivity index (χ1n) is 7.33. The van der Waals surface area contributed by atoms with Gasteiger partial charge in [-0.05, 0) is 44.3 Å². The van der Waals surface area contributed by atoms with Crippen molar-refractivity contribution in [2.24, 2.45) is 5.92 Å². The van der Waals surface area contributed by atoms with Gasteiger partial charge in [-0.2, -0.15) is 0 Å². The lowest BCUT2D eigenvalue weighted by atomic mass is 9.96. The van der Waals surface area contributed by atoms with E-state index in [9.17, 15) is 4.39 Å². The summed E-state index contributed by atoms with van der Waals surface area (Å²) in [5.74, 6) is 0.824. The van der Waals surface area contributed by atoms with Gasteiger partial charge in [0, 0.05) is 11.6 Å². The zero-order valence-electron chi connectivity index (χ0n) is 10.9. The lowest BCUT2D eigenvalue weighted by Gasteiger charge is -2.35. The summed E-state index contributed by atoms with van der Waals surface area (Å²) >= 11 is 0. The van der Waals surface area contributed by atoms with E-state index in [2.05, 4.69) is 4.90 Å². The summed E-state index contributed by atoms with van der Waals surface area (Å²) in [7, 11) is 0. The second-order valence-corrected chi connectivity index (χ2v) is 5.81. The van der Waals surface area contributed by atoms with Crippen molar-refractivity contribution in [2.75, 3.05) is 13.1 Å². The predicted octanol–water partition coefficient (Wildman–Crippen LogP) is 4.15. The maximum Gasteiger partial charge on any atom is 0.127 e.